The number of para-hydroxylation sites is 1. The molecule has 0 N–H and O–H groups in total. The summed E-state index contributed by atoms with van der Waals surface area (Å²) in [5.74, 6) is 0.0306. The topological polar surface area (TPSA) is 29.5 Å². The lowest BCUT2D eigenvalue weighted by Crippen LogP contribution is -2.35. The molecule has 120 valence electrons. The highest BCUT2D eigenvalue weighted by atomic mass is 32.2. The van der Waals surface area contributed by atoms with Gasteiger partial charge in [0, 0.05) is 16.7 Å². The van der Waals surface area contributed by atoms with Gasteiger partial charge in [0.25, 0.3) is 5.91 Å². The van der Waals surface area contributed by atoms with Gasteiger partial charge in [0.2, 0.25) is 0 Å². The van der Waals surface area contributed by atoms with Crippen LogP contribution < -0.4 is 4.90 Å². The van der Waals surface area contributed by atoms with Crippen LogP contribution in [-0.2, 0) is 16.1 Å². The second kappa shape index (κ2) is 7.66. The number of hydrogen-bond acceptors (Lipinski definition) is 3. The van der Waals surface area contributed by atoms with Crippen LogP contribution in [0.3, 0.4) is 0 Å². The van der Waals surface area contributed by atoms with Gasteiger partial charge in [-0.05, 0) is 24.1 Å². The Kier molecular flexibility index (Phi) is 5.36. The highest BCUT2D eigenvalue weighted by Crippen LogP contribution is 2.37. The molecule has 3 rings (SSSR count). The molecule has 1 aliphatic heterocycles. The van der Waals surface area contributed by atoms with Crippen molar-refractivity contribution < 1.29 is 9.53 Å². The number of ether oxygens (including phenoxy) is 1. The Balaban J connectivity index is 1.65. The number of benzene rings is 2. The van der Waals surface area contributed by atoms with Crippen molar-refractivity contribution in [3.8, 4) is 0 Å². The third-order valence-electron chi connectivity index (χ3n) is 3.88. The van der Waals surface area contributed by atoms with Crippen LogP contribution in [0.25, 0.3) is 0 Å². The van der Waals surface area contributed by atoms with E-state index in [0.717, 1.165) is 24.2 Å². The molecule has 2 aromatic rings. The summed E-state index contributed by atoms with van der Waals surface area (Å²) in [4.78, 5) is 15.6. The SMILES string of the molecule is CC1CCN(C(=O)COCc2ccccc2)c2ccccc2S1. The molecule has 0 radical (unpaired) electrons. The summed E-state index contributed by atoms with van der Waals surface area (Å²) in [7, 11) is 0. The first-order chi connectivity index (χ1) is 11.2. The normalized spacial score (nSPS) is 17.4. The lowest BCUT2D eigenvalue weighted by molar-refractivity contribution is -0.123. The molecule has 2 aromatic carbocycles. The fourth-order valence-electron chi connectivity index (χ4n) is 2.65. The maximum absolute atomic E-state index is 12.6. The first-order valence-electron chi connectivity index (χ1n) is 7.92. The largest absolute Gasteiger partial charge is 0.367 e. The van der Waals surface area contributed by atoms with Crippen molar-refractivity contribution in [3.05, 3.63) is 60.2 Å². The summed E-state index contributed by atoms with van der Waals surface area (Å²) >= 11 is 1.84. The number of fused-ring (bicyclic) bond motifs is 1. The molecule has 0 saturated heterocycles. The van der Waals surface area contributed by atoms with Gasteiger partial charge in [0.1, 0.15) is 6.61 Å². The van der Waals surface area contributed by atoms with E-state index in [1.54, 1.807) is 0 Å². The maximum Gasteiger partial charge on any atom is 0.253 e. The summed E-state index contributed by atoms with van der Waals surface area (Å²) in [5, 5.41) is 0.513. The molecule has 0 aliphatic carbocycles. The van der Waals surface area contributed by atoms with E-state index in [1.165, 1.54) is 4.90 Å². The van der Waals surface area contributed by atoms with Gasteiger partial charge in [-0.25, -0.2) is 0 Å². The summed E-state index contributed by atoms with van der Waals surface area (Å²) < 4.78 is 5.62. The van der Waals surface area contributed by atoms with Crippen LogP contribution in [0.2, 0.25) is 0 Å². The number of amides is 1. The zero-order chi connectivity index (χ0) is 16.1. The second-order valence-electron chi connectivity index (χ2n) is 5.71. The summed E-state index contributed by atoms with van der Waals surface area (Å²) in [6, 6.07) is 18.1. The Bertz CT molecular complexity index is 659. The summed E-state index contributed by atoms with van der Waals surface area (Å²) in [6.07, 6.45) is 0.990. The van der Waals surface area contributed by atoms with Crippen molar-refractivity contribution in [2.45, 2.75) is 30.1 Å². The quantitative estimate of drug-likeness (QED) is 0.846. The molecule has 23 heavy (non-hydrogen) atoms. The maximum atomic E-state index is 12.6. The van der Waals surface area contributed by atoms with Crippen LogP contribution in [0.1, 0.15) is 18.9 Å². The van der Waals surface area contributed by atoms with E-state index in [1.807, 2.05) is 65.2 Å². The zero-order valence-corrected chi connectivity index (χ0v) is 14.1. The fraction of sp³-hybridized carbons (Fsp3) is 0.316. The predicted octanol–water partition coefficient (Wildman–Crippen LogP) is 4.12. The Hall–Kier alpha value is -1.78. The van der Waals surface area contributed by atoms with Gasteiger partial charge in [0.15, 0.2) is 0 Å². The molecule has 3 nitrogen and oxygen atoms in total. The molecule has 0 aromatic heterocycles. The van der Waals surface area contributed by atoms with E-state index < -0.39 is 0 Å². The van der Waals surface area contributed by atoms with E-state index in [0.29, 0.717) is 11.9 Å². The average Bonchev–Trinajstić information content (AvgIpc) is 2.74. The van der Waals surface area contributed by atoms with Gasteiger partial charge < -0.3 is 9.64 Å². The smallest absolute Gasteiger partial charge is 0.253 e. The lowest BCUT2D eigenvalue weighted by atomic mass is 10.2. The highest BCUT2D eigenvalue weighted by molar-refractivity contribution is 8.00. The standard InChI is InChI=1S/C19H21NO2S/c1-15-11-12-20(17-9-5-6-10-18(17)23-15)19(21)14-22-13-16-7-3-2-4-8-16/h2-10,15H,11-14H2,1H3. The minimum Gasteiger partial charge on any atom is -0.367 e. The number of rotatable bonds is 4. The number of hydrogen-bond donors (Lipinski definition) is 0. The Labute approximate surface area is 141 Å². The molecule has 1 aliphatic rings. The number of anilines is 1. The summed E-state index contributed by atoms with van der Waals surface area (Å²) in [6.45, 7) is 3.54. The molecule has 0 saturated carbocycles. The molecular weight excluding hydrogens is 306 g/mol. The number of thioether (sulfide) groups is 1. The Morgan fingerprint density at radius 3 is 2.74 bits per heavy atom. The highest BCUT2D eigenvalue weighted by Gasteiger charge is 2.23. The summed E-state index contributed by atoms with van der Waals surface area (Å²) in [5.41, 5.74) is 2.09. The van der Waals surface area contributed by atoms with Crippen LogP contribution in [0.15, 0.2) is 59.5 Å². The van der Waals surface area contributed by atoms with Crippen LogP contribution in [0.5, 0.6) is 0 Å². The van der Waals surface area contributed by atoms with Crippen molar-refractivity contribution in [1.29, 1.82) is 0 Å². The van der Waals surface area contributed by atoms with Crippen molar-refractivity contribution in [1.82, 2.24) is 0 Å². The van der Waals surface area contributed by atoms with Crippen LogP contribution in [0.4, 0.5) is 5.69 Å². The van der Waals surface area contributed by atoms with Gasteiger partial charge >= 0.3 is 0 Å². The van der Waals surface area contributed by atoms with E-state index in [2.05, 4.69) is 13.0 Å². The minimum atomic E-state index is 0.0306. The number of carbonyl (C=O) groups is 1. The molecular formula is C19H21NO2S. The van der Waals surface area contributed by atoms with Crippen molar-refractivity contribution in [2.75, 3.05) is 18.1 Å². The van der Waals surface area contributed by atoms with Gasteiger partial charge in [0.05, 0.1) is 12.3 Å². The van der Waals surface area contributed by atoms with E-state index in [-0.39, 0.29) is 12.5 Å². The first-order valence-corrected chi connectivity index (χ1v) is 8.80. The van der Waals surface area contributed by atoms with E-state index in [9.17, 15) is 4.79 Å². The minimum absolute atomic E-state index is 0.0306. The van der Waals surface area contributed by atoms with Gasteiger partial charge in [-0.1, -0.05) is 49.4 Å². The Morgan fingerprint density at radius 2 is 1.91 bits per heavy atom. The molecule has 1 amide bonds. The molecule has 0 fully saturated rings. The van der Waals surface area contributed by atoms with Gasteiger partial charge in [-0.15, -0.1) is 11.8 Å². The van der Waals surface area contributed by atoms with Crippen LogP contribution in [0, 0.1) is 0 Å². The lowest BCUT2D eigenvalue weighted by Gasteiger charge is -2.22. The third-order valence-corrected chi connectivity index (χ3v) is 5.12. The van der Waals surface area contributed by atoms with Crippen molar-refractivity contribution in [2.24, 2.45) is 0 Å². The monoisotopic (exact) mass is 327 g/mol. The van der Waals surface area contributed by atoms with E-state index >= 15 is 0 Å². The first kappa shape index (κ1) is 16.1. The average molecular weight is 327 g/mol. The Morgan fingerprint density at radius 1 is 1.17 bits per heavy atom. The predicted molar refractivity (Wildman–Crippen MR) is 94.8 cm³/mol. The molecule has 1 heterocycles. The van der Waals surface area contributed by atoms with Gasteiger partial charge in [-0.2, -0.15) is 0 Å². The second-order valence-corrected chi connectivity index (χ2v) is 7.19. The van der Waals surface area contributed by atoms with Crippen molar-refractivity contribution in [3.63, 3.8) is 0 Å². The zero-order valence-electron chi connectivity index (χ0n) is 13.3. The van der Waals surface area contributed by atoms with Gasteiger partial charge in [-0.3, -0.25) is 4.79 Å². The van der Waals surface area contributed by atoms with Crippen LogP contribution in [-0.4, -0.2) is 24.3 Å². The van der Waals surface area contributed by atoms with E-state index in [4.69, 9.17) is 4.74 Å². The number of nitrogens with zero attached hydrogens (tertiary/aromatic N) is 1. The molecule has 1 unspecified atom stereocenters. The number of carbonyl (C=O) groups excluding carboxylic acids is 1. The molecule has 4 heteroatoms. The molecule has 0 spiro atoms. The fourth-order valence-corrected chi connectivity index (χ4v) is 3.77. The van der Waals surface area contributed by atoms with Crippen molar-refractivity contribution >= 4 is 23.4 Å². The molecule has 0 bridgehead atoms. The molecule has 1 atom stereocenters. The van der Waals surface area contributed by atoms with Crippen LogP contribution >= 0.6 is 11.8 Å². The third kappa shape index (κ3) is 4.15.